The van der Waals surface area contributed by atoms with Crippen LogP contribution >= 0.6 is 12.4 Å². The summed E-state index contributed by atoms with van der Waals surface area (Å²) < 4.78 is 4.69. The van der Waals surface area contributed by atoms with Crippen LogP contribution in [0.3, 0.4) is 0 Å². The Morgan fingerprint density at radius 1 is 1.70 bits per heavy atom. The molecule has 1 fully saturated rings. The number of nitrogens with one attached hydrogen (secondary N) is 1. The maximum absolute atomic E-state index is 10.1. The zero-order valence-corrected chi connectivity index (χ0v) is 6.32. The van der Waals surface area contributed by atoms with Gasteiger partial charge in [-0.2, -0.15) is 0 Å². The lowest BCUT2D eigenvalue weighted by Gasteiger charge is -2.05. The maximum Gasteiger partial charge on any atom is 0.404 e. The highest BCUT2D eigenvalue weighted by molar-refractivity contribution is 5.85. The van der Waals surface area contributed by atoms with Crippen molar-refractivity contribution >= 4 is 18.5 Å². The van der Waals surface area contributed by atoms with Gasteiger partial charge in [0, 0.05) is 6.54 Å². The fourth-order valence-corrected chi connectivity index (χ4v) is 0.893. The molecule has 4 nitrogen and oxygen atoms in total. The molecule has 3 N–H and O–H groups in total. The summed E-state index contributed by atoms with van der Waals surface area (Å²) in [6, 6.07) is 0. The van der Waals surface area contributed by atoms with E-state index in [9.17, 15) is 4.79 Å². The number of rotatable bonds is 1. The second kappa shape index (κ2) is 4.35. The van der Waals surface area contributed by atoms with Crippen molar-refractivity contribution in [3.63, 3.8) is 0 Å². The van der Waals surface area contributed by atoms with Gasteiger partial charge >= 0.3 is 6.09 Å². The normalized spacial score (nSPS) is 23.4. The third-order valence-electron chi connectivity index (χ3n) is 1.30. The summed E-state index contributed by atoms with van der Waals surface area (Å²) >= 11 is 0. The molecule has 1 saturated heterocycles. The second-order valence-corrected chi connectivity index (χ2v) is 2.05. The number of primary amides is 1. The van der Waals surface area contributed by atoms with E-state index in [2.05, 4.69) is 10.1 Å². The summed E-state index contributed by atoms with van der Waals surface area (Å²) in [5.74, 6) is 0. The minimum Gasteiger partial charge on any atom is -0.445 e. The van der Waals surface area contributed by atoms with Crippen LogP contribution in [0.4, 0.5) is 4.79 Å². The van der Waals surface area contributed by atoms with Crippen molar-refractivity contribution in [2.24, 2.45) is 5.73 Å². The summed E-state index contributed by atoms with van der Waals surface area (Å²) in [5, 5.41) is 3.04. The number of carbonyl (C=O) groups excluding carboxylic acids is 1. The predicted molar refractivity (Wildman–Crippen MR) is 39.2 cm³/mol. The van der Waals surface area contributed by atoms with Crippen LogP contribution in [0.25, 0.3) is 0 Å². The van der Waals surface area contributed by atoms with Crippen molar-refractivity contribution in [1.29, 1.82) is 0 Å². The molecule has 1 rings (SSSR count). The van der Waals surface area contributed by atoms with Gasteiger partial charge in [0.25, 0.3) is 0 Å². The smallest absolute Gasteiger partial charge is 0.404 e. The second-order valence-electron chi connectivity index (χ2n) is 2.05. The molecule has 0 aliphatic carbocycles. The number of amides is 1. The van der Waals surface area contributed by atoms with Gasteiger partial charge in [-0.05, 0) is 13.0 Å². The summed E-state index contributed by atoms with van der Waals surface area (Å²) in [5.41, 5.74) is 4.78. The summed E-state index contributed by atoms with van der Waals surface area (Å²) in [7, 11) is 0. The summed E-state index contributed by atoms with van der Waals surface area (Å²) in [6.45, 7) is 1.65. The van der Waals surface area contributed by atoms with E-state index in [1.807, 2.05) is 0 Å². The van der Waals surface area contributed by atoms with Gasteiger partial charge in [-0.1, -0.05) is 0 Å². The average Bonchev–Trinajstić information content (AvgIpc) is 2.15. The molecular formula is C5H11ClN2O2. The van der Waals surface area contributed by atoms with E-state index in [0.717, 1.165) is 19.5 Å². The monoisotopic (exact) mass is 166 g/mol. The molecule has 1 aliphatic rings. The zero-order chi connectivity index (χ0) is 6.69. The Balaban J connectivity index is 0.000000810. The molecule has 0 spiro atoms. The Bertz CT molecular complexity index is 114. The third kappa shape index (κ3) is 2.89. The quantitative estimate of drug-likeness (QED) is 0.570. The Labute approximate surface area is 65.5 Å². The van der Waals surface area contributed by atoms with Gasteiger partial charge < -0.3 is 15.8 Å². The first-order chi connectivity index (χ1) is 4.29. The van der Waals surface area contributed by atoms with Crippen molar-refractivity contribution in [2.75, 3.05) is 13.1 Å². The standard InChI is InChI=1S/C5H10N2O2.ClH/c6-5(8)9-4-1-2-7-3-4;/h4,7H,1-3H2,(H2,6,8);1H/t4-;/m1./s1. The molecule has 1 atom stereocenters. The fourth-order valence-electron chi connectivity index (χ4n) is 0.893. The van der Waals surface area contributed by atoms with Crippen molar-refractivity contribution in [3.05, 3.63) is 0 Å². The van der Waals surface area contributed by atoms with Crippen LogP contribution in [0.15, 0.2) is 0 Å². The Morgan fingerprint density at radius 2 is 2.40 bits per heavy atom. The molecule has 0 bridgehead atoms. The Morgan fingerprint density at radius 3 is 2.80 bits per heavy atom. The molecule has 1 amide bonds. The molecule has 0 radical (unpaired) electrons. The summed E-state index contributed by atoms with van der Waals surface area (Å²) in [6.07, 6.45) is 0.203. The van der Waals surface area contributed by atoms with Crippen molar-refractivity contribution in [3.8, 4) is 0 Å². The average molecular weight is 167 g/mol. The molecule has 1 aliphatic heterocycles. The van der Waals surface area contributed by atoms with Crippen LogP contribution in [0, 0.1) is 0 Å². The topological polar surface area (TPSA) is 64.4 Å². The highest BCUT2D eigenvalue weighted by Gasteiger charge is 2.16. The number of carbonyl (C=O) groups is 1. The first kappa shape index (κ1) is 9.52. The number of nitrogens with two attached hydrogens (primary N) is 1. The van der Waals surface area contributed by atoms with Gasteiger partial charge in [0.2, 0.25) is 0 Å². The van der Waals surface area contributed by atoms with E-state index >= 15 is 0 Å². The maximum atomic E-state index is 10.1. The molecule has 60 valence electrons. The third-order valence-corrected chi connectivity index (χ3v) is 1.30. The van der Waals surface area contributed by atoms with Crippen LogP contribution in [0.5, 0.6) is 0 Å². The first-order valence-electron chi connectivity index (χ1n) is 2.96. The van der Waals surface area contributed by atoms with Crippen molar-refractivity contribution in [2.45, 2.75) is 12.5 Å². The lowest BCUT2D eigenvalue weighted by atomic mass is 10.3. The van der Waals surface area contributed by atoms with Crippen LogP contribution in [0.2, 0.25) is 0 Å². The van der Waals surface area contributed by atoms with Gasteiger partial charge in [-0.3, -0.25) is 0 Å². The van der Waals surface area contributed by atoms with Gasteiger partial charge in [-0.25, -0.2) is 4.79 Å². The van der Waals surface area contributed by atoms with E-state index in [4.69, 9.17) is 5.73 Å². The SMILES string of the molecule is Cl.NC(=O)O[C@@H]1CCNC1. The lowest BCUT2D eigenvalue weighted by Crippen LogP contribution is -2.24. The van der Waals surface area contributed by atoms with Crippen LogP contribution in [-0.4, -0.2) is 25.3 Å². The van der Waals surface area contributed by atoms with Crippen molar-refractivity contribution in [1.82, 2.24) is 5.32 Å². The minimum absolute atomic E-state index is 0. The van der Waals surface area contributed by atoms with Crippen LogP contribution in [0.1, 0.15) is 6.42 Å². The molecular weight excluding hydrogens is 156 g/mol. The van der Waals surface area contributed by atoms with E-state index in [0.29, 0.717) is 0 Å². The number of hydrogen-bond donors (Lipinski definition) is 2. The van der Waals surface area contributed by atoms with E-state index < -0.39 is 6.09 Å². The molecule has 0 saturated carbocycles. The first-order valence-corrected chi connectivity index (χ1v) is 2.96. The largest absolute Gasteiger partial charge is 0.445 e. The highest BCUT2D eigenvalue weighted by atomic mass is 35.5. The molecule has 0 aromatic rings. The van der Waals surface area contributed by atoms with E-state index in [-0.39, 0.29) is 18.5 Å². The Hall–Kier alpha value is -0.480. The number of hydrogen-bond acceptors (Lipinski definition) is 3. The van der Waals surface area contributed by atoms with Crippen LogP contribution in [-0.2, 0) is 4.74 Å². The van der Waals surface area contributed by atoms with Gasteiger partial charge in [0.1, 0.15) is 6.10 Å². The van der Waals surface area contributed by atoms with E-state index in [1.165, 1.54) is 0 Å². The molecule has 10 heavy (non-hydrogen) atoms. The summed E-state index contributed by atoms with van der Waals surface area (Å²) in [4.78, 5) is 10.1. The molecule has 0 aromatic heterocycles. The number of ether oxygens (including phenoxy) is 1. The highest BCUT2D eigenvalue weighted by Crippen LogP contribution is 2.01. The molecule has 5 heteroatoms. The van der Waals surface area contributed by atoms with Gasteiger partial charge in [0.15, 0.2) is 0 Å². The Kier molecular flexibility index (Phi) is 4.14. The minimum atomic E-state index is -0.677. The predicted octanol–water partition coefficient (Wildman–Crippen LogP) is -0.135. The zero-order valence-electron chi connectivity index (χ0n) is 5.50. The van der Waals surface area contributed by atoms with E-state index in [1.54, 1.807) is 0 Å². The van der Waals surface area contributed by atoms with Gasteiger partial charge in [-0.15, -0.1) is 12.4 Å². The fraction of sp³-hybridized carbons (Fsp3) is 0.800. The van der Waals surface area contributed by atoms with Gasteiger partial charge in [0.05, 0.1) is 0 Å². The number of halogens is 1. The molecule has 1 heterocycles. The van der Waals surface area contributed by atoms with Crippen molar-refractivity contribution < 1.29 is 9.53 Å². The lowest BCUT2D eigenvalue weighted by molar-refractivity contribution is 0.117. The van der Waals surface area contributed by atoms with Crippen LogP contribution < -0.4 is 11.1 Å². The molecule has 0 aromatic carbocycles. The molecule has 0 unspecified atom stereocenters.